The second-order valence-electron chi connectivity index (χ2n) is 5.65. The molecule has 0 fully saturated rings. The van der Waals surface area contributed by atoms with E-state index >= 15 is 0 Å². The van der Waals surface area contributed by atoms with Gasteiger partial charge in [-0.15, -0.1) is 0 Å². The van der Waals surface area contributed by atoms with Crippen LogP contribution >= 0.6 is 0 Å². The molecule has 0 aliphatic heterocycles. The normalized spacial score (nSPS) is 13.1. The largest absolute Gasteiger partial charge is 0.380 e. The molecule has 1 unspecified atom stereocenters. The van der Waals surface area contributed by atoms with Crippen molar-refractivity contribution in [3.63, 3.8) is 0 Å². The van der Waals surface area contributed by atoms with Crippen LogP contribution < -0.4 is 11.1 Å². The monoisotopic (exact) mass is 258 g/mol. The Morgan fingerprint density at radius 1 is 1.17 bits per heavy atom. The van der Waals surface area contributed by atoms with Crippen LogP contribution in [0.3, 0.4) is 0 Å². The summed E-state index contributed by atoms with van der Waals surface area (Å²) in [4.78, 5) is 11.8. The van der Waals surface area contributed by atoms with Crippen molar-refractivity contribution >= 4 is 5.91 Å². The Bertz CT molecular complexity index is 218. The van der Waals surface area contributed by atoms with Crippen molar-refractivity contribution in [2.45, 2.75) is 40.5 Å². The van der Waals surface area contributed by atoms with Gasteiger partial charge in [0.25, 0.3) is 0 Å². The fourth-order valence-corrected chi connectivity index (χ4v) is 1.69. The van der Waals surface area contributed by atoms with Crippen LogP contribution in [0.5, 0.6) is 0 Å². The zero-order valence-electron chi connectivity index (χ0n) is 12.4. The average Bonchev–Trinajstić information content (AvgIpc) is 2.29. The zero-order valence-corrected chi connectivity index (χ0v) is 12.4. The topological polar surface area (TPSA) is 64.3 Å². The van der Waals surface area contributed by atoms with Crippen LogP contribution in [0.2, 0.25) is 0 Å². The molecule has 0 radical (unpaired) electrons. The molecule has 0 aliphatic carbocycles. The van der Waals surface area contributed by atoms with Crippen molar-refractivity contribution < 1.29 is 9.53 Å². The Balaban J connectivity index is 3.62. The molecule has 0 aromatic rings. The molecule has 0 spiro atoms. The molecule has 4 nitrogen and oxygen atoms in total. The summed E-state index contributed by atoms with van der Waals surface area (Å²) in [6.07, 6.45) is 1.91. The van der Waals surface area contributed by atoms with Gasteiger partial charge in [0.05, 0.1) is 12.5 Å². The standard InChI is InChI=1S/C14H30N2O2/c1-11(2)5-7-18-8-6-16-14(17)13(10-15)9-12(3)4/h11-13H,5-10,15H2,1-4H3,(H,16,17). The summed E-state index contributed by atoms with van der Waals surface area (Å²) in [5.74, 6) is 1.14. The molecular formula is C14H30N2O2. The Morgan fingerprint density at radius 3 is 2.33 bits per heavy atom. The molecule has 3 N–H and O–H groups in total. The number of nitrogens with one attached hydrogen (secondary N) is 1. The van der Waals surface area contributed by atoms with E-state index in [0.717, 1.165) is 19.4 Å². The van der Waals surface area contributed by atoms with Crippen molar-refractivity contribution in [2.24, 2.45) is 23.5 Å². The van der Waals surface area contributed by atoms with E-state index in [1.54, 1.807) is 0 Å². The van der Waals surface area contributed by atoms with E-state index < -0.39 is 0 Å². The molecule has 0 saturated heterocycles. The Labute approximate surface area is 112 Å². The molecule has 0 aliphatic rings. The molecule has 0 saturated carbocycles. The third-order valence-electron chi connectivity index (χ3n) is 2.80. The van der Waals surface area contributed by atoms with Crippen molar-refractivity contribution in [1.29, 1.82) is 0 Å². The average molecular weight is 258 g/mol. The lowest BCUT2D eigenvalue weighted by molar-refractivity contribution is -0.125. The molecule has 18 heavy (non-hydrogen) atoms. The summed E-state index contributed by atoms with van der Waals surface area (Å²) in [6.45, 7) is 10.9. The first-order valence-corrected chi connectivity index (χ1v) is 7.02. The van der Waals surface area contributed by atoms with Gasteiger partial charge in [0.1, 0.15) is 0 Å². The first-order valence-electron chi connectivity index (χ1n) is 7.02. The minimum Gasteiger partial charge on any atom is -0.380 e. The maximum Gasteiger partial charge on any atom is 0.224 e. The van der Waals surface area contributed by atoms with Gasteiger partial charge in [-0.3, -0.25) is 4.79 Å². The quantitative estimate of drug-likeness (QED) is 0.587. The van der Waals surface area contributed by atoms with Gasteiger partial charge < -0.3 is 15.8 Å². The number of amides is 1. The highest BCUT2D eigenvalue weighted by atomic mass is 16.5. The van der Waals surface area contributed by atoms with E-state index in [1.807, 2.05) is 0 Å². The molecule has 108 valence electrons. The highest BCUT2D eigenvalue weighted by Gasteiger charge is 2.17. The van der Waals surface area contributed by atoms with Gasteiger partial charge >= 0.3 is 0 Å². The van der Waals surface area contributed by atoms with Crippen molar-refractivity contribution in [1.82, 2.24) is 5.32 Å². The molecule has 0 rings (SSSR count). The predicted molar refractivity (Wildman–Crippen MR) is 75.3 cm³/mol. The van der Waals surface area contributed by atoms with E-state index in [1.165, 1.54) is 0 Å². The van der Waals surface area contributed by atoms with Gasteiger partial charge in [-0.2, -0.15) is 0 Å². The van der Waals surface area contributed by atoms with Crippen LogP contribution in [0.25, 0.3) is 0 Å². The number of carbonyl (C=O) groups excluding carboxylic acids is 1. The summed E-state index contributed by atoms with van der Waals surface area (Å²) in [5.41, 5.74) is 5.62. The van der Waals surface area contributed by atoms with E-state index in [4.69, 9.17) is 10.5 Å². The van der Waals surface area contributed by atoms with Crippen LogP contribution in [0, 0.1) is 17.8 Å². The van der Waals surface area contributed by atoms with Gasteiger partial charge in [-0.05, 0) is 24.7 Å². The minimum absolute atomic E-state index is 0.0543. The van der Waals surface area contributed by atoms with Crippen molar-refractivity contribution in [3.05, 3.63) is 0 Å². The maximum atomic E-state index is 11.8. The van der Waals surface area contributed by atoms with Gasteiger partial charge in [0.15, 0.2) is 0 Å². The lowest BCUT2D eigenvalue weighted by Gasteiger charge is -2.16. The zero-order chi connectivity index (χ0) is 14.0. The second-order valence-corrected chi connectivity index (χ2v) is 5.65. The summed E-state index contributed by atoms with van der Waals surface area (Å²) in [5, 5.41) is 2.88. The van der Waals surface area contributed by atoms with Crippen molar-refractivity contribution in [2.75, 3.05) is 26.3 Å². The number of hydrogen-bond donors (Lipinski definition) is 2. The second kappa shape index (κ2) is 10.3. The van der Waals surface area contributed by atoms with E-state index in [2.05, 4.69) is 33.0 Å². The molecule has 0 heterocycles. The third-order valence-corrected chi connectivity index (χ3v) is 2.80. The highest BCUT2D eigenvalue weighted by Crippen LogP contribution is 2.10. The molecule has 0 bridgehead atoms. The number of hydrogen-bond acceptors (Lipinski definition) is 3. The van der Waals surface area contributed by atoms with Gasteiger partial charge in [0, 0.05) is 19.7 Å². The summed E-state index contributed by atoms with van der Waals surface area (Å²) < 4.78 is 5.44. The van der Waals surface area contributed by atoms with E-state index in [0.29, 0.717) is 31.5 Å². The van der Waals surface area contributed by atoms with Gasteiger partial charge in [0.2, 0.25) is 5.91 Å². The van der Waals surface area contributed by atoms with Crippen LogP contribution in [0.1, 0.15) is 40.5 Å². The van der Waals surface area contributed by atoms with E-state index in [-0.39, 0.29) is 11.8 Å². The van der Waals surface area contributed by atoms with E-state index in [9.17, 15) is 4.79 Å². The Morgan fingerprint density at radius 2 is 1.83 bits per heavy atom. The molecule has 1 atom stereocenters. The van der Waals surface area contributed by atoms with Crippen LogP contribution in [-0.2, 0) is 9.53 Å². The Kier molecular flexibility index (Phi) is 9.98. The minimum atomic E-state index is -0.0688. The molecule has 4 heteroatoms. The number of rotatable bonds is 10. The Hall–Kier alpha value is -0.610. The van der Waals surface area contributed by atoms with Gasteiger partial charge in [-0.25, -0.2) is 0 Å². The highest BCUT2D eigenvalue weighted by molar-refractivity contribution is 5.78. The maximum absolute atomic E-state index is 11.8. The summed E-state index contributed by atoms with van der Waals surface area (Å²) in [7, 11) is 0. The van der Waals surface area contributed by atoms with Gasteiger partial charge in [-0.1, -0.05) is 27.7 Å². The predicted octanol–water partition coefficient (Wildman–Crippen LogP) is 1.79. The summed E-state index contributed by atoms with van der Waals surface area (Å²) >= 11 is 0. The summed E-state index contributed by atoms with van der Waals surface area (Å²) in [6, 6.07) is 0. The van der Waals surface area contributed by atoms with Crippen LogP contribution in [0.4, 0.5) is 0 Å². The third kappa shape index (κ3) is 9.42. The fourth-order valence-electron chi connectivity index (χ4n) is 1.69. The first-order chi connectivity index (χ1) is 8.47. The number of ether oxygens (including phenoxy) is 1. The molecular weight excluding hydrogens is 228 g/mol. The lowest BCUT2D eigenvalue weighted by atomic mass is 9.96. The fraction of sp³-hybridized carbons (Fsp3) is 0.929. The van der Waals surface area contributed by atoms with Crippen molar-refractivity contribution in [3.8, 4) is 0 Å². The smallest absolute Gasteiger partial charge is 0.224 e. The lowest BCUT2D eigenvalue weighted by Crippen LogP contribution is -2.37. The number of nitrogens with two attached hydrogens (primary N) is 1. The number of carbonyl (C=O) groups is 1. The molecule has 1 amide bonds. The van der Waals surface area contributed by atoms with Crippen LogP contribution in [-0.4, -0.2) is 32.2 Å². The molecule has 0 aromatic carbocycles. The SMILES string of the molecule is CC(C)CCOCCNC(=O)C(CN)CC(C)C. The first kappa shape index (κ1) is 17.4. The van der Waals surface area contributed by atoms with Crippen LogP contribution in [0.15, 0.2) is 0 Å². The molecule has 0 aromatic heterocycles.